The lowest BCUT2D eigenvalue weighted by Gasteiger charge is -2.36. The summed E-state index contributed by atoms with van der Waals surface area (Å²) in [5.41, 5.74) is -0.0261. The molecule has 2 amide bonds. The molecule has 0 spiro atoms. The van der Waals surface area contributed by atoms with E-state index in [4.69, 9.17) is 5.26 Å². The standard InChI is InChI=1S/C22H20F3N3O/c1-27-20-11-15(14-5-3-2-4-6-14)8-10-19(20)28(21(27)29)17-9-7-16(13-26)18(12-17)22(23,24)25/h2-7,9,12,15,19-20H,8,10-11H2,1H3. The van der Waals surface area contributed by atoms with Crippen LogP contribution in [0.25, 0.3) is 0 Å². The molecule has 1 heterocycles. The summed E-state index contributed by atoms with van der Waals surface area (Å²) in [4.78, 5) is 16.1. The second-order valence-corrected chi connectivity index (χ2v) is 7.66. The van der Waals surface area contributed by atoms with Crippen LogP contribution >= 0.6 is 0 Å². The van der Waals surface area contributed by atoms with Gasteiger partial charge in [-0.3, -0.25) is 4.90 Å². The molecule has 0 radical (unpaired) electrons. The van der Waals surface area contributed by atoms with Gasteiger partial charge in [0.2, 0.25) is 0 Å². The summed E-state index contributed by atoms with van der Waals surface area (Å²) in [5.74, 6) is 0.319. The van der Waals surface area contributed by atoms with Crippen molar-refractivity contribution in [3.8, 4) is 6.07 Å². The van der Waals surface area contributed by atoms with Gasteiger partial charge in [-0.15, -0.1) is 0 Å². The van der Waals surface area contributed by atoms with Gasteiger partial charge in [0.05, 0.1) is 29.3 Å². The topological polar surface area (TPSA) is 47.3 Å². The van der Waals surface area contributed by atoms with Crippen LogP contribution < -0.4 is 4.90 Å². The first kappa shape index (κ1) is 19.3. The van der Waals surface area contributed by atoms with Crippen molar-refractivity contribution in [3.63, 3.8) is 0 Å². The average Bonchev–Trinajstić information content (AvgIpc) is 2.97. The molecule has 29 heavy (non-hydrogen) atoms. The lowest BCUT2D eigenvalue weighted by Crippen LogP contribution is -2.41. The van der Waals surface area contributed by atoms with Crippen LogP contribution in [-0.4, -0.2) is 30.1 Å². The molecule has 3 atom stereocenters. The number of fused-ring (bicyclic) bond motifs is 1. The molecule has 1 saturated heterocycles. The summed E-state index contributed by atoms with van der Waals surface area (Å²) in [5, 5.41) is 9.02. The van der Waals surface area contributed by atoms with Crippen LogP contribution in [0, 0.1) is 11.3 Å². The van der Waals surface area contributed by atoms with Crippen molar-refractivity contribution in [2.75, 3.05) is 11.9 Å². The lowest BCUT2D eigenvalue weighted by molar-refractivity contribution is -0.137. The van der Waals surface area contributed by atoms with E-state index in [0.29, 0.717) is 12.3 Å². The van der Waals surface area contributed by atoms with Crippen LogP contribution in [0.15, 0.2) is 48.5 Å². The van der Waals surface area contributed by atoms with E-state index in [-0.39, 0.29) is 23.8 Å². The number of carbonyl (C=O) groups excluding carboxylic acids is 1. The molecule has 2 aromatic rings. The van der Waals surface area contributed by atoms with Gasteiger partial charge in [-0.2, -0.15) is 18.4 Å². The predicted octanol–water partition coefficient (Wildman–Crippen LogP) is 5.15. The summed E-state index contributed by atoms with van der Waals surface area (Å²) in [6.07, 6.45) is -2.30. The van der Waals surface area contributed by atoms with Gasteiger partial charge in [0.15, 0.2) is 0 Å². The molecule has 3 unspecified atom stereocenters. The van der Waals surface area contributed by atoms with Crippen molar-refractivity contribution in [2.24, 2.45) is 0 Å². The lowest BCUT2D eigenvalue weighted by atomic mass is 9.78. The molecule has 2 aromatic carbocycles. The summed E-state index contributed by atoms with van der Waals surface area (Å²) in [6.45, 7) is 0. The fourth-order valence-electron chi connectivity index (χ4n) is 4.65. The summed E-state index contributed by atoms with van der Waals surface area (Å²) in [6, 6.07) is 14.7. The molecule has 150 valence electrons. The van der Waals surface area contributed by atoms with E-state index in [0.717, 1.165) is 25.0 Å². The Morgan fingerprint density at radius 2 is 1.79 bits per heavy atom. The van der Waals surface area contributed by atoms with Crippen LogP contribution in [0.1, 0.15) is 41.9 Å². The van der Waals surface area contributed by atoms with E-state index >= 15 is 0 Å². The highest BCUT2D eigenvalue weighted by Crippen LogP contribution is 2.43. The Kier molecular flexibility index (Phi) is 4.73. The summed E-state index contributed by atoms with van der Waals surface area (Å²) in [7, 11) is 1.71. The average molecular weight is 399 g/mol. The maximum Gasteiger partial charge on any atom is 0.417 e. The Hall–Kier alpha value is -3.01. The number of hydrogen-bond donors (Lipinski definition) is 0. The van der Waals surface area contributed by atoms with E-state index in [1.807, 2.05) is 18.2 Å². The van der Waals surface area contributed by atoms with Gasteiger partial charge in [0.25, 0.3) is 0 Å². The normalized spacial score (nSPS) is 24.4. The van der Waals surface area contributed by atoms with Crippen molar-refractivity contribution in [1.29, 1.82) is 5.26 Å². The SMILES string of the molecule is CN1C(=O)N(c2ccc(C#N)c(C(F)(F)F)c2)C2CCC(c3ccccc3)CC21. The second-order valence-electron chi connectivity index (χ2n) is 7.66. The number of benzene rings is 2. The van der Waals surface area contributed by atoms with Gasteiger partial charge in [0, 0.05) is 12.7 Å². The molecule has 2 aliphatic rings. The highest BCUT2D eigenvalue weighted by Gasteiger charge is 2.48. The molecule has 1 aliphatic carbocycles. The Balaban J connectivity index is 1.66. The maximum absolute atomic E-state index is 13.4. The molecule has 7 heteroatoms. The van der Waals surface area contributed by atoms with Crippen molar-refractivity contribution < 1.29 is 18.0 Å². The molecule has 0 N–H and O–H groups in total. The quantitative estimate of drug-likeness (QED) is 0.701. The first-order chi connectivity index (χ1) is 13.8. The van der Waals surface area contributed by atoms with E-state index in [1.54, 1.807) is 18.0 Å². The minimum atomic E-state index is -4.65. The second kappa shape index (κ2) is 7.11. The number of rotatable bonds is 2. The third-order valence-electron chi connectivity index (χ3n) is 6.10. The molecular formula is C22H20F3N3O. The number of urea groups is 1. The number of hydrogen-bond acceptors (Lipinski definition) is 2. The molecule has 4 nitrogen and oxygen atoms in total. The van der Waals surface area contributed by atoms with Crippen LogP contribution in [0.5, 0.6) is 0 Å². The fourth-order valence-corrected chi connectivity index (χ4v) is 4.65. The van der Waals surface area contributed by atoms with E-state index in [2.05, 4.69) is 12.1 Å². The van der Waals surface area contributed by atoms with Crippen molar-refractivity contribution in [2.45, 2.75) is 43.4 Å². The maximum atomic E-state index is 13.4. The minimum Gasteiger partial charge on any atom is -0.322 e. The number of nitriles is 1. The van der Waals surface area contributed by atoms with Gasteiger partial charge in [-0.25, -0.2) is 4.79 Å². The van der Waals surface area contributed by atoms with Gasteiger partial charge < -0.3 is 4.90 Å². The zero-order valence-electron chi connectivity index (χ0n) is 15.9. The third-order valence-corrected chi connectivity index (χ3v) is 6.10. The molecule has 4 rings (SSSR count). The number of halogens is 3. The summed E-state index contributed by atoms with van der Waals surface area (Å²) < 4.78 is 40.1. The van der Waals surface area contributed by atoms with Crippen LogP contribution in [-0.2, 0) is 6.18 Å². The number of amides is 2. The van der Waals surface area contributed by atoms with Gasteiger partial charge in [0.1, 0.15) is 0 Å². The molecule has 2 fully saturated rings. The molecule has 1 aliphatic heterocycles. The third kappa shape index (κ3) is 3.33. The summed E-state index contributed by atoms with van der Waals surface area (Å²) >= 11 is 0. The highest BCUT2D eigenvalue weighted by atomic mass is 19.4. The predicted molar refractivity (Wildman–Crippen MR) is 102 cm³/mol. The zero-order valence-corrected chi connectivity index (χ0v) is 15.9. The number of anilines is 1. The van der Waals surface area contributed by atoms with Gasteiger partial charge in [-0.05, 0) is 48.9 Å². The van der Waals surface area contributed by atoms with Gasteiger partial charge >= 0.3 is 12.2 Å². The zero-order chi connectivity index (χ0) is 20.8. The van der Waals surface area contributed by atoms with Crippen LogP contribution in [0.3, 0.4) is 0 Å². The minimum absolute atomic E-state index is 0.0635. The van der Waals surface area contributed by atoms with Crippen LogP contribution in [0.2, 0.25) is 0 Å². The Morgan fingerprint density at radius 1 is 1.07 bits per heavy atom. The van der Waals surface area contributed by atoms with Crippen molar-refractivity contribution >= 4 is 11.7 Å². The largest absolute Gasteiger partial charge is 0.417 e. The van der Waals surface area contributed by atoms with E-state index in [1.165, 1.54) is 16.5 Å². The van der Waals surface area contributed by atoms with E-state index < -0.39 is 17.3 Å². The molecular weight excluding hydrogens is 379 g/mol. The van der Waals surface area contributed by atoms with Crippen molar-refractivity contribution in [3.05, 3.63) is 65.2 Å². The number of likely N-dealkylation sites (N-methyl/N-ethyl adjacent to an activating group) is 1. The first-order valence-corrected chi connectivity index (χ1v) is 9.53. The number of carbonyl (C=O) groups is 1. The van der Waals surface area contributed by atoms with Crippen LogP contribution in [0.4, 0.5) is 23.7 Å². The first-order valence-electron chi connectivity index (χ1n) is 9.53. The van der Waals surface area contributed by atoms with Gasteiger partial charge in [-0.1, -0.05) is 30.3 Å². The highest BCUT2D eigenvalue weighted by molar-refractivity contribution is 5.95. The number of nitrogens with zero attached hydrogens (tertiary/aromatic N) is 3. The molecule has 0 bridgehead atoms. The van der Waals surface area contributed by atoms with E-state index in [9.17, 15) is 18.0 Å². The monoisotopic (exact) mass is 399 g/mol. The fraction of sp³-hybridized carbons (Fsp3) is 0.364. The Bertz CT molecular complexity index is 968. The molecule has 0 aromatic heterocycles. The smallest absolute Gasteiger partial charge is 0.322 e. The van der Waals surface area contributed by atoms with Crippen molar-refractivity contribution in [1.82, 2.24) is 4.90 Å². The number of alkyl halides is 3. The molecule has 1 saturated carbocycles. The Morgan fingerprint density at radius 3 is 2.45 bits per heavy atom. The Labute approximate surface area is 167 Å².